The lowest BCUT2D eigenvalue weighted by Crippen LogP contribution is -2.03. The van der Waals surface area contributed by atoms with Crippen molar-refractivity contribution >= 4 is 11.4 Å². The van der Waals surface area contributed by atoms with Crippen molar-refractivity contribution in [1.82, 2.24) is 0 Å². The van der Waals surface area contributed by atoms with Crippen molar-refractivity contribution in [1.29, 1.82) is 0 Å². The molecule has 0 unspecified atom stereocenters. The molecule has 0 heterocycles. The van der Waals surface area contributed by atoms with E-state index >= 15 is 0 Å². The van der Waals surface area contributed by atoms with Crippen LogP contribution in [0.3, 0.4) is 0 Å². The second kappa shape index (κ2) is 5.33. The Morgan fingerprint density at radius 1 is 1.10 bits per heavy atom. The minimum Gasteiger partial charge on any atom is -0.381 e. The lowest BCUT2D eigenvalue weighted by molar-refractivity contribution is -0.385. The second-order valence-electron chi connectivity index (χ2n) is 5.08. The Balaban J connectivity index is 1.75. The van der Waals surface area contributed by atoms with Gasteiger partial charge >= 0.3 is 0 Å². The molecule has 0 saturated carbocycles. The normalized spacial score (nSPS) is 13.0. The molecular formula is C16H16N2O2. The molecule has 1 N–H and O–H groups in total. The van der Waals surface area contributed by atoms with Gasteiger partial charge in [-0.25, -0.2) is 0 Å². The Labute approximate surface area is 117 Å². The molecule has 102 valence electrons. The molecule has 1 aliphatic rings. The molecule has 2 aromatic rings. The fourth-order valence-corrected chi connectivity index (χ4v) is 2.72. The van der Waals surface area contributed by atoms with E-state index in [0.29, 0.717) is 12.1 Å². The van der Waals surface area contributed by atoms with Crippen LogP contribution < -0.4 is 5.32 Å². The number of benzene rings is 2. The number of nitro groups is 1. The maximum atomic E-state index is 11.0. The monoisotopic (exact) mass is 268 g/mol. The first-order valence-electron chi connectivity index (χ1n) is 6.82. The number of anilines is 1. The molecule has 0 saturated heterocycles. The van der Waals surface area contributed by atoms with Crippen LogP contribution >= 0.6 is 0 Å². The van der Waals surface area contributed by atoms with Gasteiger partial charge in [-0.3, -0.25) is 10.1 Å². The number of fused-ring (bicyclic) bond motifs is 1. The summed E-state index contributed by atoms with van der Waals surface area (Å²) >= 11 is 0. The lowest BCUT2D eigenvalue weighted by Gasteiger charge is -2.09. The lowest BCUT2D eigenvalue weighted by atomic mass is 10.1. The average molecular weight is 268 g/mol. The first-order valence-corrected chi connectivity index (χ1v) is 6.82. The van der Waals surface area contributed by atoms with Crippen molar-refractivity contribution < 1.29 is 4.92 Å². The first-order chi connectivity index (χ1) is 9.74. The van der Waals surface area contributed by atoms with Gasteiger partial charge in [-0.05, 0) is 42.5 Å². The summed E-state index contributed by atoms with van der Waals surface area (Å²) in [6.45, 7) is 0.468. The van der Waals surface area contributed by atoms with Crippen LogP contribution in [0.1, 0.15) is 23.1 Å². The Kier molecular flexibility index (Phi) is 3.37. The zero-order valence-electron chi connectivity index (χ0n) is 11.1. The topological polar surface area (TPSA) is 55.2 Å². The molecule has 0 radical (unpaired) electrons. The van der Waals surface area contributed by atoms with Gasteiger partial charge in [0.25, 0.3) is 5.69 Å². The van der Waals surface area contributed by atoms with Crippen LogP contribution in [0.15, 0.2) is 42.5 Å². The predicted octanol–water partition coefficient (Wildman–Crippen LogP) is 3.70. The smallest absolute Gasteiger partial charge is 0.274 e. The fraction of sp³-hybridized carbons (Fsp3) is 0.250. The Morgan fingerprint density at radius 2 is 1.90 bits per heavy atom. The Bertz CT molecular complexity index is 653. The highest BCUT2D eigenvalue weighted by Crippen LogP contribution is 2.26. The summed E-state index contributed by atoms with van der Waals surface area (Å²) in [7, 11) is 0. The van der Waals surface area contributed by atoms with E-state index < -0.39 is 0 Å². The van der Waals surface area contributed by atoms with E-state index in [0.717, 1.165) is 12.1 Å². The second-order valence-corrected chi connectivity index (χ2v) is 5.08. The van der Waals surface area contributed by atoms with Crippen molar-refractivity contribution in [3.8, 4) is 0 Å². The van der Waals surface area contributed by atoms with E-state index in [2.05, 4.69) is 23.5 Å². The highest BCUT2D eigenvalue weighted by Gasteiger charge is 2.13. The van der Waals surface area contributed by atoms with Crippen molar-refractivity contribution in [3.63, 3.8) is 0 Å². The highest BCUT2D eigenvalue weighted by atomic mass is 16.6. The van der Waals surface area contributed by atoms with Gasteiger partial charge in [0.05, 0.1) is 4.92 Å². The van der Waals surface area contributed by atoms with Crippen molar-refractivity contribution in [2.75, 3.05) is 5.32 Å². The van der Waals surface area contributed by atoms with Gasteiger partial charge in [-0.15, -0.1) is 0 Å². The Morgan fingerprint density at radius 3 is 2.75 bits per heavy atom. The van der Waals surface area contributed by atoms with Crippen LogP contribution in [-0.2, 0) is 19.4 Å². The zero-order valence-corrected chi connectivity index (χ0v) is 11.1. The summed E-state index contributed by atoms with van der Waals surface area (Å²) < 4.78 is 0. The largest absolute Gasteiger partial charge is 0.381 e. The van der Waals surface area contributed by atoms with Gasteiger partial charge in [0.2, 0.25) is 0 Å². The molecule has 0 atom stereocenters. The fourth-order valence-electron chi connectivity index (χ4n) is 2.72. The van der Waals surface area contributed by atoms with Crippen LogP contribution in [-0.4, -0.2) is 4.92 Å². The number of para-hydroxylation sites is 1. The minimum absolute atomic E-state index is 0.168. The quantitative estimate of drug-likeness (QED) is 0.679. The summed E-state index contributed by atoms with van der Waals surface area (Å²) in [5, 5.41) is 14.2. The van der Waals surface area contributed by atoms with Gasteiger partial charge in [0, 0.05) is 23.9 Å². The van der Waals surface area contributed by atoms with Crippen LogP contribution in [0.5, 0.6) is 0 Å². The van der Waals surface area contributed by atoms with Crippen molar-refractivity contribution in [2.24, 2.45) is 0 Å². The third kappa shape index (κ3) is 2.50. The van der Waals surface area contributed by atoms with Gasteiger partial charge < -0.3 is 5.32 Å². The molecule has 20 heavy (non-hydrogen) atoms. The predicted molar refractivity (Wildman–Crippen MR) is 78.9 cm³/mol. The third-order valence-electron chi connectivity index (χ3n) is 3.77. The number of hydrogen-bond acceptors (Lipinski definition) is 3. The molecular weight excluding hydrogens is 252 g/mol. The molecule has 1 aliphatic carbocycles. The highest BCUT2D eigenvalue weighted by molar-refractivity contribution is 5.51. The third-order valence-corrected chi connectivity index (χ3v) is 3.77. The first kappa shape index (κ1) is 12.7. The van der Waals surface area contributed by atoms with Gasteiger partial charge in [-0.2, -0.15) is 0 Å². The van der Waals surface area contributed by atoms with E-state index in [-0.39, 0.29) is 10.6 Å². The molecule has 2 aromatic carbocycles. The molecule has 4 nitrogen and oxygen atoms in total. The molecule has 0 spiro atoms. The van der Waals surface area contributed by atoms with Gasteiger partial charge in [0.1, 0.15) is 0 Å². The van der Waals surface area contributed by atoms with Crippen molar-refractivity contribution in [3.05, 3.63) is 69.3 Å². The summed E-state index contributed by atoms with van der Waals surface area (Å²) in [5.74, 6) is 0. The molecule has 0 aromatic heterocycles. The maximum absolute atomic E-state index is 11.0. The average Bonchev–Trinajstić information content (AvgIpc) is 2.92. The minimum atomic E-state index is -0.334. The van der Waals surface area contributed by atoms with E-state index in [4.69, 9.17) is 0 Å². The van der Waals surface area contributed by atoms with Crippen LogP contribution in [0.25, 0.3) is 0 Å². The number of rotatable bonds is 4. The number of nitro benzene ring substituents is 1. The molecule has 0 amide bonds. The Hall–Kier alpha value is -2.36. The summed E-state index contributed by atoms with van der Waals surface area (Å²) in [5.41, 5.74) is 4.74. The van der Waals surface area contributed by atoms with E-state index in [1.54, 1.807) is 18.2 Å². The number of nitrogens with one attached hydrogen (secondary N) is 1. The summed E-state index contributed by atoms with van der Waals surface area (Å²) in [4.78, 5) is 10.6. The SMILES string of the molecule is O=[N+]([O-])c1ccccc1CNc1ccc2c(c1)CCC2. The maximum Gasteiger partial charge on any atom is 0.274 e. The summed E-state index contributed by atoms with van der Waals surface area (Å²) in [6.07, 6.45) is 3.53. The van der Waals surface area contributed by atoms with Gasteiger partial charge in [0.15, 0.2) is 0 Å². The van der Waals surface area contributed by atoms with E-state index in [9.17, 15) is 10.1 Å². The molecule has 0 bridgehead atoms. The number of aryl methyl sites for hydroxylation is 2. The van der Waals surface area contributed by atoms with Gasteiger partial charge in [-0.1, -0.05) is 24.3 Å². The zero-order chi connectivity index (χ0) is 13.9. The number of nitrogens with zero attached hydrogens (tertiary/aromatic N) is 1. The van der Waals surface area contributed by atoms with E-state index in [1.165, 1.54) is 24.0 Å². The molecule has 4 heteroatoms. The number of hydrogen-bond donors (Lipinski definition) is 1. The van der Waals surface area contributed by atoms with Crippen LogP contribution in [0.2, 0.25) is 0 Å². The standard InChI is InChI=1S/C16H16N2O2/c19-18(20)16-7-2-1-4-14(16)11-17-15-9-8-12-5-3-6-13(12)10-15/h1-2,4,7-10,17H,3,5-6,11H2. The summed E-state index contributed by atoms with van der Waals surface area (Å²) in [6, 6.07) is 13.2. The molecule has 0 aliphatic heterocycles. The van der Waals surface area contributed by atoms with Crippen molar-refractivity contribution in [2.45, 2.75) is 25.8 Å². The van der Waals surface area contributed by atoms with Crippen LogP contribution in [0.4, 0.5) is 11.4 Å². The van der Waals surface area contributed by atoms with E-state index in [1.807, 2.05) is 6.07 Å². The molecule has 0 fully saturated rings. The molecule has 3 rings (SSSR count). The van der Waals surface area contributed by atoms with Crippen LogP contribution in [0, 0.1) is 10.1 Å².